The fourth-order valence-electron chi connectivity index (χ4n) is 0.699. The zero-order valence-electron chi connectivity index (χ0n) is 9.32. The minimum atomic E-state index is -1.05. The number of rotatable bonds is 5. The van der Waals surface area contributed by atoms with Gasteiger partial charge >= 0.3 is 12.1 Å². The number of carbonyl (C=O) groups is 2. The van der Waals surface area contributed by atoms with Crippen LogP contribution in [0.1, 0.15) is 13.8 Å². The molecule has 0 radical (unpaired) electrons. The number of carboxylic acid groups (broad SMARTS) is 1. The first kappa shape index (κ1) is 13.5. The van der Waals surface area contributed by atoms with Crippen molar-refractivity contribution in [2.45, 2.75) is 13.8 Å². The van der Waals surface area contributed by atoms with E-state index < -0.39 is 12.1 Å². The zero-order valence-corrected chi connectivity index (χ0v) is 9.32. The molecule has 0 heterocycles. The Morgan fingerprint density at radius 2 is 2.00 bits per heavy atom. The maximum Gasteiger partial charge on any atom is 0.407 e. The summed E-state index contributed by atoms with van der Waals surface area (Å²) >= 11 is 0. The van der Waals surface area contributed by atoms with E-state index in [0.29, 0.717) is 5.57 Å². The standard InChI is InChI=1S/C10H17NO4/c1-7(2)8(3)9(12)15-6-5-11(4)10(13)14/h7H,3,5-6H2,1-2,4H3,(H,13,14). The Labute approximate surface area is 89.3 Å². The summed E-state index contributed by atoms with van der Waals surface area (Å²) in [4.78, 5) is 22.7. The van der Waals surface area contributed by atoms with Gasteiger partial charge in [-0.25, -0.2) is 9.59 Å². The van der Waals surface area contributed by atoms with Crippen molar-refractivity contribution in [3.05, 3.63) is 12.2 Å². The van der Waals surface area contributed by atoms with Gasteiger partial charge in [0.15, 0.2) is 0 Å². The largest absolute Gasteiger partial charge is 0.465 e. The fourth-order valence-corrected chi connectivity index (χ4v) is 0.699. The Morgan fingerprint density at radius 3 is 2.40 bits per heavy atom. The van der Waals surface area contributed by atoms with Gasteiger partial charge in [0.1, 0.15) is 6.61 Å². The number of nitrogens with zero attached hydrogens (tertiary/aromatic N) is 1. The van der Waals surface area contributed by atoms with Gasteiger partial charge in [0.05, 0.1) is 6.54 Å². The molecule has 0 aliphatic carbocycles. The topological polar surface area (TPSA) is 66.8 Å². The third-order valence-corrected chi connectivity index (χ3v) is 1.95. The third-order valence-electron chi connectivity index (χ3n) is 1.95. The number of amides is 1. The average Bonchev–Trinajstić information content (AvgIpc) is 2.15. The summed E-state index contributed by atoms with van der Waals surface area (Å²) in [7, 11) is 1.41. The van der Waals surface area contributed by atoms with Gasteiger partial charge in [0.25, 0.3) is 0 Å². The summed E-state index contributed by atoms with van der Waals surface area (Å²) < 4.78 is 4.84. The highest BCUT2D eigenvalue weighted by molar-refractivity contribution is 5.88. The summed E-state index contributed by atoms with van der Waals surface area (Å²) in [5.74, 6) is -0.432. The summed E-state index contributed by atoms with van der Waals surface area (Å²) in [5.41, 5.74) is 0.396. The fraction of sp³-hybridized carbons (Fsp3) is 0.600. The minimum absolute atomic E-state index is 0.0368. The van der Waals surface area contributed by atoms with Crippen molar-refractivity contribution in [1.82, 2.24) is 4.90 Å². The lowest BCUT2D eigenvalue weighted by Crippen LogP contribution is -2.29. The van der Waals surface area contributed by atoms with Gasteiger partial charge < -0.3 is 14.7 Å². The van der Waals surface area contributed by atoms with Crippen molar-refractivity contribution in [3.8, 4) is 0 Å². The van der Waals surface area contributed by atoms with Crippen LogP contribution < -0.4 is 0 Å². The van der Waals surface area contributed by atoms with E-state index >= 15 is 0 Å². The van der Waals surface area contributed by atoms with Crippen LogP contribution in [-0.4, -0.2) is 42.3 Å². The molecule has 0 rings (SSSR count). The Kier molecular flexibility index (Phi) is 5.44. The predicted octanol–water partition coefficient (Wildman–Crippen LogP) is 1.35. The van der Waals surface area contributed by atoms with E-state index in [2.05, 4.69) is 6.58 Å². The highest BCUT2D eigenvalue weighted by Crippen LogP contribution is 2.08. The molecule has 5 heteroatoms. The molecule has 0 aromatic carbocycles. The number of carbonyl (C=O) groups excluding carboxylic acids is 1. The lowest BCUT2D eigenvalue weighted by Gasteiger charge is -2.14. The molecular formula is C10H17NO4. The zero-order chi connectivity index (χ0) is 12.0. The highest BCUT2D eigenvalue weighted by atomic mass is 16.5. The molecule has 1 amide bonds. The molecule has 0 fully saturated rings. The first-order chi connectivity index (χ1) is 6.86. The van der Waals surface area contributed by atoms with E-state index in [1.54, 1.807) is 0 Å². The molecular weight excluding hydrogens is 198 g/mol. The molecule has 86 valence electrons. The van der Waals surface area contributed by atoms with Gasteiger partial charge in [0, 0.05) is 12.6 Å². The van der Waals surface area contributed by atoms with Crippen molar-refractivity contribution >= 4 is 12.1 Å². The molecule has 1 N–H and O–H groups in total. The van der Waals surface area contributed by atoms with Gasteiger partial charge in [-0.2, -0.15) is 0 Å². The van der Waals surface area contributed by atoms with Gasteiger partial charge in [-0.15, -0.1) is 0 Å². The Bertz CT molecular complexity index is 260. The quantitative estimate of drug-likeness (QED) is 0.555. The predicted molar refractivity (Wildman–Crippen MR) is 55.6 cm³/mol. The smallest absolute Gasteiger partial charge is 0.407 e. The molecule has 0 spiro atoms. The van der Waals surface area contributed by atoms with Crippen molar-refractivity contribution in [1.29, 1.82) is 0 Å². The Morgan fingerprint density at radius 1 is 1.47 bits per heavy atom. The van der Waals surface area contributed by atoms with Crippen LogP contribution in [0.5, 0.6) is 0 Å². The van der Waals surface area contributed by atoms with E-state index in [-0.39, 0.29) is 19.1 Å². The van der Waals surface area contributed by atoms with Crippen molar-refractivity contribution in [2.24, 2.45) is 5.92 Å². The number of hydrogen-bond donors (Lipinski definition) is 1. The van der Waals surface area contributed by atoms with E-state index in [0.717, 1.165) is 4.90 Å². The molecule has 0 aliphatic heterocycles. The van der Waals surface area contributed by atoms with Crippen molar-refractivity contribution in [2.75, 3.05) is 20.2 Å². The van der Waals surface area contributed by atoms with Crippen LogP contribution in [0.15, 0.2) is 12.2 Å². The van der Waals surface area contributed by atoms with E-state index in [1.165, 1.54) is 7.05 Å². The number of likely N-dealkylation sites (N-methyl/N-ethyl adjacent to an activating group) is 1. The molecule has 0 saturated heterocycles. The molecule has 0 unspecified atom stereocenters. The summed E-state index contributed by atoms with van der Waals surface area (Å²) in [6.07, 6.45) is -1.05. The highest BCUT2D eigenvalue weighted by Gasteiger charge is 2.12. The SMILES string of the molecule is C=C(C(=O)OCCN(C)C(=O)O)C(C)C. The molecule has 0 aromatic heterocycles. The van der Waals surface area contributed by atoms with Crippen molar-refractivity contribution < 1.29 is 19.4 Å². The Balaban J connectivity index is 3.83. The minimum Gasteiger partial charge on any atom is -0.465 e. The van der Waals surface area contributed by atoms with Gasteiger partial charge in [-0.3, -0.25) is 0 Å². The lowest BCUT2D eigenvalue weighted by atomic mass is 10.1. The molecule has 5 nitrogen and oxygen atoms in total. The van der Waals surface area contributed by atoms with Gasteiger partial charge in [0.2, 0.25) is 0 Å². The molecule has 0 bridgehead atoms. The van der Waals surface area contributed by atoms with Crippen LogP contribution in [0.25, 0.3) is 0 Å². The second-order valence-corrected chi connectivity index (χ2v) is 3.52. The molecule has 15 heavy (non-hydrogen) atoms. The first-order valence-electron chi connectivity index (χ1n) is 4.66. The Hall–Kier alpha value is -1.52. The molecule has 0 aromatic rings. The van der Waals surface area contributed by atoms with E-state index in [9.17, 15) is 9.59 Å². The first-order valence-corrected chi connectivity index (χ1v) is 4.66. The van der Waals surface area contributed by atoms with Crippen LogP contribution in [0.3, 0.4) is 0 Å². The number of ether oxygens (including phenoxy) is 1. The molecule has 0 aliphatic rings. The monoisotopic (exact) mass is 215 g/mol. The average molecular weight is 215 g/mol. The summed E-state index contributed by atoms with van der Waals surface area (Å²) in [6.45, 7) is 7.47. The maximum atomic E-state index is 11.2. The van der Waals surface area contributed by atoms with Crippen LogP contribution in [0, 0.1) is 5.92 Å². The summed E-state index contributed by atoms with van der Waals surface area (Å²) in [5, 5.41) is 8.51. The normalized spacial score (nSPS) is 9.87. The van der Waals surface area contributed by atoms with Gasteiger partial charge in [-0.05, 0) is 5.92 Å². The number of hydrogen-bond acceptors (Lipinski definition) is 3. The van der Waals surface area contributed by atoms with E-state index in [1.807, 2.05) is 13.8 Å². The van der Waals surface area contributed by atoms with Crippen LogP contribution in [0.4, 0.5) is 4.79 Å². The summed E-state index contributed by atoms with van der Waals surface area (Å²) in [6, 6.07) is 0. The van der Waals surface area contributed by atoms with E-state index in [4.69, 9.17) is 9.84 Å². The second-order valence-electron chi connectivity index (χ2n) is 3.52. The van der Waals surface area contributed by atoms with Crippen LogP contribution >= 0.6 is 0 Å². The molecule has 0 saturated carbocycles. The number of esters is 1. The van der Waals surface area contributed by atoms with Crippen molar-refractivity contribution in [3.63, 3.8) is 0 Å². The lowest BCUT2D eigenvalue weighted by molar-refractivity contribution is -0.139. The van der Waals surface area contributed by atoms with Crippen LogP contribution in [-0.2, 0) is 9.53 Å². The third kappa shape index (κ3) is 5.05. The molecule has 0 atom stereocenters. The second kappa shape index (κ2) is 6.06. The van der Waals surface area contributed by atoms with Crippen LogP contribution in [0.2, 0.25) is 0 Å². The maximum absolute atomic E-state index is 11.2. The van der Waals surface area contributed by atoms with Gasteiger partial charge in [-0.1, -0.05) is 20.4 Å².